The van der Waals surface area contributed by atoms with Crippen molar-refractivity contribution in [3.8, 4) is 17.2 Å². The summed E-state index contributed by atoms with van der Waals surface area (Å²) in [5, 5.41) is 0. The van der Waals surface area contributed by atoms with Crippen molar-refractivity contribution in [3.63, 3.8) is 0 Å². The van der Waals surface area contributed by atoms with Gasteiger partial charge in [-0.1, -0.05) is 18.6 Å². The van der Waals surface area contributed by atoms with E-state index >= 15 is 0 Å². The molecule has 1 aliphatic rings. The molecule has 0 N–H and O–H groups in total. The van der Waals surface area contributed by atoms with Gasteiger partial charge in [-0.3, -0.25) is 9.88 Å². The van der Waals surface area contributed by atoms with Crippen molar-refractivity contribution in [1.29, 1.82) is 0 Å². The molecule has 2 heterocycles. The Morgan fingerprint density at radius 1 is 1.00 bits per heavy atom. The van der Waals surface area contributed by atoms with E-state index in [1.54, 1.807) is 14.2 Å². The molecule has 2 aromatic rings. The maximum atomic E-state index is 5.97. The molecule has 1 aromatic carbocycles. The number of para-hydroxylation sites is 1. The van der Waals surface area contributed by atoms with Gasteiger partial charge >= 0.3 is 0 Å². The summed E-state index contributed by atoms with van der Waals surface area (Å²) in [4.78, 5) is 6.90. The van der Waals surface area contributed by atoms with Crippen molar-refractivity contribution < 1.29 is 14.2 Å². The highest BCUT2D eigenvalue weighted by Crippen LogP contribution is 2.37. The number of likely N-dealkylation sites (tertiary alicyclic amines) is 1. The van der Waals surface area contributed by atoms with E-state index in [0.29, 0.717) is 29.9 Å². The number of pyridine rings is 1. The van der Waals surface area contributed by atoms with Crippen LogP contribution in [0.5, 0.6) is 17.2 Å². The third-order valence-corrected chi connectivity index (χ3v) is 5.15. The third kappa shape index (κ3) is 6.95. The Bertz CT molecular complexity index is 681. The van der Waals surface area contributed by atoms with Gasteiger partial charge in [0.15, 0.2) is 11.5 Å². The first-order valence-corrected chi connectivity index (χ1v) is 9.81. The summed E-state index contributed by atoms with van der Waals surface area (Å²) >= 11 is 0. The average Bonchev–Trinajstić information content (AvgIpc) is 2.74. The van der Waals surface area contributed by atoms with Gasteiger partial charge < -0.3 is 14.2 Å². The van der Waals surface area contributed by atoms with Gasteiger partial charge in [0.05, 0.1) is 20.8 Å². The number of halogens is 2. The Hall–Kier alpha value is -1.69. The predicted octanol–water partition coefficient (Wildman–Crippen LogP) is 5.33. The van der Waals surface area contributed by atoms with Crippen molar-refractivity contribution >= 4 is 24.8 Å². The van der Waals surface area contributed by atoms with E-state index in [-0.39, 0.29) is 24.8 Å². The van der Waals surface area contributed by atoms with E-state index in [0.717, 1.165) is 19.4 Å². The van der Waals surface area contributed by atoms with Crippen molar-refractivity contribution in [2.75, 3.05) is 33.9 Å². The molecule has 5 nitrogen and oxygen atoms in total. The smallest absolute Gasteiger partial charge is 0.203 e. The number of aromatic nitrogens is 1. The number of methoxy groups -OCH3 is 2. The van der Waals surface area contributed by atoms with Crippen LogP contribution in [0.2, 0.25) is 0 Å². The van der Waals surface area contributed by atoms with Crippen LogP contribution >= 0.6 is 24.8 Å². The van der Waals surface area contributed by atoms with Crippen LogP contribution in [0.25, 0.3) is 0 Å². The molecule has 7 heteroatoms. The van der Waals surface area contributed by atoms with Crippen molar-refractivity contribution in [2.24, 2.45) is 0 Å². The summed E-state index contributed by atoms with van der Waals surface area (Å²) in [5.41, 5.74) is 1.34. The van der Waals surface area contributed by atoms with E-state index in [9.17, 15) is 0 Å². The highest BCUT2D eigenvalue weighted by molar-refractivity contribution is 5.85. The number of rotatable bonds is 9. The number of benzene rings is 1. The molecule has 1 aromatic heterocycles. The van der Waals surface area contributed by atoms with Crippen molar-refractivity contribution in [2.45, 2.75) is 38.1 Å². The molecule has 0 radical (unpaired) electrons. The van der Waals surface area contributed by atoms with Crippen LogP contribution in [0.1, 0.15) is 43.7 Å². The van der Waals surface area contributed by atoms with Crippen molar-refractivity contribution in [1.82, 2.24) is 9.88 Å². The standard InChI is InChI=1S/C22H30N2O3.2ClH/c1-25-20-11-7-12-21(26-2)22(20)27-16-6-5-15-24-14-4-3-10-19(24)18-9-8-13-23-17-18;;/h7-9,11-13,17,19H,3-6,10,14-16H2,1-2H3;2*1H. The lowest BCUT2D eigenvalue weighted by atomic mass is 9.96. The Kier molecular flexibility index (Phi) is 11.8. The Labute approximate surface area is 186 Å². The lowest BCUT2D eigenvalue weighted by molar-refractivity contribution is 0.142. The van der Waals surface area contributed by atoms with Gasteiger partial charge in [0.25, 0.3) is 0 Å². The zero-order valence-electron chi connectivity index (χ0n) is 17.2. The molecule has 1 unspecified atom stereocenters. The summed E-state index contributed by atoms with van der Waals surface area (Å²) in [6, 6.07) is 10.4. The Balaban J connectivity index is 0.00000210. The van der Waals surface area contributed by atoms with E-state index < -0.39 is 0 Å². The van der Waals surface area contributed by atoms with Gasteiger partial charge in [0.1, 0.15) is 0 Å². The monoisotopic (exact) mass is 442 g/mol. The molecule has 0 amide bonds. The van der Waals surface area contributed by atoms with E-state index in [1.165, 1.54) is 31.4 Å². The predicted molar refractivity (Wildman–Crippen MR) is 121 cm³/mol. The largest absolute Gasteiger partial charge is 0.493 e. The third-order valence-electron chi connectivity index (χ3n) is 5.15. The maximum Gasteiger partial charge on any atom is 0.203 e. The van der Waals surface area contributed by atoms with Gasteiger partial charge in [0.2, 0.25) is 5.75 Å². The maximum absolute atomic E-state index is 5.97. The molecule has 1 aliphatic heterocycles. The lowest BCUT2D eigenvalue weighted by Gasteiger charge is -2.35. The first kappa shape index (κ1) is 25.3. The first-order valence-electron chi connectivity index (χ1n) is 9.81. The summed E-state index contributed by atoms with van der Waals surface area (Å²) in [5.74, 6) is 2.11. The number of ether oxygens (including phenoxy) is 3. The summed E-state index contributed by atoms with van der Waals surface area (Å²) in [6.45, 7) is 2.91. The lowest BCUT2D eigenvalue weighted by Crippen LogP contribution is -2.34. The summed E-state index contributed by atoms with van der Waals surface area (Å²) < 4.78 is 16.7. The van der Waals surface area contributed by atoms with Crippen LogP contribution in [0, 0.1) is 0 Å². The fourth-order valence-corrected chi connectivity index (χ4v) is 3.76. The Morgan fingerprint density at radius 3 is 2.41 bits per heavy atom. The number of hydrogen-bond acceptors (Lipinski definition) is 5. The molecule has 0 bridgehead atoms. The summed E-state index contributed by atoms with van der Waals surface area (Å²) in [6.07, 6.45) is 9.77. The average molecular weight is 443 g/mol. The van der Waals surface area contributed by atoms with Crippen LogP contribution in [0.4, 0.5) is 0 Å². The second-order valence-electron chi connectivity index (χ2n) is 6.88. The molecule has 0 aliphatic carbocycles. The zero-order chi connectivity index (χ0) is 18.9. The highest BCUT2D eigenvalue weighted by atomic mass is 35.5. The Morgan fingerprint density at radius 2 is 1.76 bits per heavy atom. The molecule has 162 valence electrons. The molecule has 0 spiro atoms. The minimum absolute atomic E-state index is 0. The fraction of sp³-hybridized carbons (Fsp3) is 0.500. The second-order valence-corrected chi connectivity index (χ2v) is 6.88. The van der Waals surface area contributed by atoms with Gasteiger partial charge in [-0.15, -0.1) is 24.8 Å². The SMILES string of the molecule is COc1cccc(OC)c1OCCCCN1CCCCC1c1cccnc1.Cl.Cl. The molecule has 1 fully saturated rings. The minimum atomic E-state index is 0. The van der Waals surface area contributed by atoms with Crippen LogP contribution in [0.15, 0.2) is 42.7 Å². The first-order chi connectivity index (χ1) is 13.3. The molecular formula is C22H32Cl2N2O3. The quantitative estimate of drug-likeness (QED) is 0.491. The molecule has 1 saturated heterocycles. The number of piperidine rings is 1. The van der Waals surface area contributed by atoms with Crippen molar-refractivity contribution in [3.05, 3.63) is 48.3 Å². The summed E-state index contributed by atoms with van der Waals surface area (Å²) in [7, 11) is 3.30. The van der Waals surface area contributed by atoms with Crippen LogP contribution in [-0.4, -0.2) is 43.8 Å². The van der Waals surface area contributed by atoms with Crippen LogP contribution in [0.3, 0.4) is 0 Å². The second kappa shape index (κ2) is 13.5. The number of nitrogens with zero attached hydrogens (tertiary/aromatic N) is 2. The zero-order valence-corrected chi connectivity index (χ0v) is 18.8. The van der Waals surface area contributed by atoms with Gasteiger partial charge in [-0.25, -0.2) is 0 Å². The van der Waals surface area contributed by atoms with Gasteiger partial charge in [-0.05, 0) is 62.5 Å². The molecule has 0 saturated carbocycles. The normalized spacial score (nSPS) is 16.3. The highest BCUT2D eigenvalue weighted by Gasteiger charge is 2.23. The fourth-order valence-electron chi connectivity index (χ4n) is 3.76. The molecule has 29 heavy (non-hydrogen) atoms. The molecule has 1 atom stereocenters. The number of hydrogen-bond donors (Lipinski definition) is 0. The number of unbranched alkanes of at least 4 members (excludes halogenated alkanes) is 1. The molecular weight excluding hydrogens is 411 g/mol. The van der Waals surface area contributed by atoms with E-state index in [2.05, 4.69) is 16.0 Å². The topological polar surface area (TPSA) is 43.8 Å². The van der Waals surface area contributed by atoms with E-state index in [1.807, 2.05) is 36.7 Å². The van der Waals surface area contributed by atoms with Crippen LogP contribution < -0.4 is 14.2 Å². The van der Waals surface area contributed by atoms with Crippen LogP contribution in [-0.2, 0) is 0 Å². The molecule has 3 rings (SSSR count). The van der Waals surface area contributed by atoms with Gasteiger partial charge in [-0.2, -0.15) is 0 Å². The van der Waals surface area contributed by atoms with Gasteiger partial charge in [0, 0.05) is 18.4 Å². The minimum Gasteiger partial charge on any atom is -0.493 e. The van der Waals surface area contributed by atoms with E-state index in [4.69, 9.17) is 14.2 Å².